The van der Waals surface area contributed by atoms with Crippen molar-refractivity contribution in [2.45, 2.75) is 25.7 Å². The highest BCUT2D eigenvalue weighted by Gasteiger charge is 2.22. The van der Waals surface area contributed by atoms with E-state index in [-0.39, 0.29) is 18.2 Å². The number of carboxylic acid groups (broad SMARTS) is 1. The van der Waals surface area contributed by atoms with Gasteiger partial charge in [-0.2, -0.15) is 0 Å². The number of carboxylic acids is 1. The fraction of sp³-hybridized carbons (Fsp3) is 0.417. The normalized spacial score (nSPS) is 19.7. The molecule has 0 saturated heterocycles. The Morgan fingerprint density at radius 2 is 2.33 bits per heavy atom. The molecule has 2 rings (SSSR count). The molecule has 1 aliphatic carbocycles. The molecular formula is C12H13FO2. The Bertz CT molecular complexity index is 387. The molecule has 0 bridgehead atoms. The zero-order valence-corrected chi connectivity index (χ0v) is 8.37. The van der Waals surface area contributed by atoms with Crippen LogP contribution in [0.2, 0.25) is 0 Å². The van der Waals surface area contributed by atoms with E-state index in [1.807, 2.05) is 6.07 Å². The molecule has 0 radical (unpaired) electrons. The van der Waals surface area contributed by atoms with E-state index < -0.39 is 5.97 Å². The molecule has 0 fully saturated rings. The van der Waals surface area contributed by atoms with Crippen LogP contribution in [-0.2, 0) is 17.6 Å². The van der Waals surface area contributed by atoms with Gasteiger partial charge in [-0.15, -0.1) is 0 Å². The molecule has 1 aromatic rings. The van der Waals surface area contributed by atoms with Crippen molar-refractivity contribution in [3.8, 4) is 0 Å². The van der Waals surface area contributed by atoms with Crippen molar-refractivity contribution in [1.82, 2.24) is 0 Å². The van der Waals surface area contributed by atoms with Gasteiger partial charge < -0.3 is 5.11 Å². The molecule has 15 heavy (non-hydrogen) atoms. The summed E-state index contributed by atoms with van der Waals surface area (Å²) in [6.07, 6.45) is 2.33. The number of benzene rings is 1. The van der Waals surface area contributed by atoms with Crippen molar-refractivity contribution in [3.63, 3.8) is 0 Å². The van der Waals surface area contributed by atoms with Crippen LogP contribution < -0.4 is 0 Å². The molecule has 0 amide bonds. The van der Waals surface area contributed by atoms with Gasteiger partial charge in [-0.3, -0.25) is 4.79 Å². The number of hydrogen-bond donors (Lipinski definition) is 1. The first-order valence-corrected chi connectivity index (χ1v) is 5.15. The summed E-state index contributed by atoms with van der Waals surface area (Å²) < 4.78 is 13.3. The number of halogens is 1. The second-order valence-electron chi connectivity index (χ2n) is 4.08. The summed E-state index contributed by atoms with van der Waals surface area (Å²) in [5.74, 6) is -0.752. The van der Waals surface area contributed by atoms with Gasteiger partial charge in [-0.05, 0) is 42.4 Å². The number of rotatable bonds is 2. The molecular weight excluding hydrogens is 195 g/mol. The molecule has 0 aliphatic heterocycles. The molecule has 80 valence electrons. The monoisotopic (exact) mass is 208 g/mol. The third-order valence-corrected chi connectivity index (χ3v) is 2.99. The Kier molecular flexibility index (Phi) is 2.71. The van der Waals surface area contributed by atoms with Gasteiger partial charge in [0.1, 0.15) is 5.82 Å². The molecule has 0 saturated carbocycles. The highest BCUT2D eigenvalue weighted by Crippen LogP contribution is 2.28. The average molecular weight is 208 g/mol. The first-order valence-electron chi connectivity index (χ1n) is 5.15. The maximum absolute atomic E-state index is 13.3. The lowest BCUT2D eigenvalue weighted by Crippen LogP contribution is -2.18. The summed E-state index contributed by atoms with van der Waals surface area (Å²) >= 11 is 0. The summed E-state index contributed by atoms with van der Waals surface area (Å²) in [7, 11) is 0. The molecule has 0 aromatic heterocycles. The van der Waals surface area contributed by atoms with Crippen LogP contribution in [0.3, 0.4) is 0 Å². The molecule has 0 heterocycles. The Morgan fingerprint density at radius 1 is 1.53 bits per heavy atom. The predicted octanol–water partition coefficient (Wildman–Crippen LogP) is 2.41. The Morgan fingerprint density at radius 3 is 3.07 bits per heavy atom. The third kappa shape index (κ3) is 2.17. The van der Waals surface area contributed by atoms with E-state index in [2.05, 4.69) is 0 Å². The zero-order chi connectivity index (χ0) is 10.8. The number of hydrogen-bond acceptors (Lipinski definition) is 1. The number of aliphatic carboxylic acids is 1. The standard InChI is InChI=1S/C12H13FO2/c13-11-3-1-2-9-6-8(7-12(14)15)4-5-10(9)11/h1-3,8H,4-7H2,(H,14,15). The van der Waals surface area contributed by atoms with E-state index in [0.29, 0.717) is 12.8 Å². The summed E-state index contributed by atoms with van der Waals surface area (Å²) in [6.45, 7) is 0. The molecule has 1 N–H and O–H groups in total. The van der Waals surface area contributed by atoms with Crippen LogP contribution in [0.1, 0.15) is 24.0 Å². The Labute approximate surface area is 87.7 Å². The quantitative estimate of drug-likeness (QED) is 0.810. The highest BCUT2D eigenvalue weighted by molar-refractivity contribution is 5.67. The number of fused-ring (bicyclic) bond motifs is 1. The van der Waals surface area contributed by atoms with E-state index >= 15 is 0 Å². The minimum atomic E-state index is -0.764. The molecule has 0 spiro atoms. The summed E-state index contributed by atoms with van der Waals surface area (Å²) in [4.78, 5) is 10.6. The van der Waals surface area contributed by atoms with Crippen LogP contribution >= 0.6 is 0 Å². The van der Waals surface area contributed by atoms with Crippen LogP contribution in [0.5, 0.6) is 0 Å². The van der Waals surface area contributed by atoms with Gasteiger partial charge >= 0.3 is 5.97 Å². The minimum Gasteiger partial charge on any atom is -0.481 e. The first kappa shape index (κ1) is 10.1. The van der Waals surface area contributed by atoms with Crippen molar-refractivity contribution in [2.24, 2.45) is 5.92 Å². The van der Waals surface area contributed by atoms with Crippen LogP contribution in [0.15, 0.2) is 18.2 Å². The van der Waals surface area contributed by atoms with Crippen molar-refractivity contribution in [2.75, 3.05) is 0 Å². The molecule has 2 nitrogen and oxygen atoms in total. The fourth-order valence-electron chi connectivity index (χ4n) is 2.26. The predicted molar refractivity (Wildman–Crippen MR) is 54.2 cm³/mol. The van der Waals surface area contributed by atoms with Crippen molar-refractivity contribution < 1.29 is 14.3 Å². The lowest BCUT2D eigenvalue weighted by atomic mass is 9.82. The minimum absolute atomic E-state index is 0.152. The smallest absolute Gasteiger partial charge is 0.303 e. The fourth-order valence-corrected chi connectivity index (χ4v) is 2.26. The SMILES string of the molecule is O=C(O)CC1CCc2c(F)cccc2C1. The van der Waals surface area contributed by atoms with Crippen molar-refractivity contribution in [3.05, 3.63) is 35.1 Å². The van der Waals surface area contributed by atoms with E-state index in [1.165, 1.54) is 6.07 Å². The Hall–Kier alpha value is -1.38. The topological polar surface area (TPSA) is 37.3 Å². The molecule has 1 unspecified atom stereocenters. The first-order chi connectivity index (χ1) is 7.16. The van der Waals surface area contributed by atoms with Gasteiger partial charge in [0.15, 0.2) is 0 Å². The lowest BCUT2D eigenvalue weighted by Gasteiger charge is -2.23. The van der Waals surface area contributed by atoms with Crippen LogP contribution in [0.25, 0.3) is 0 Å². The van der Waals surface area contributed by atoms with Gasteiger partial charge in [0.25, 0.3) is 0 Å². The van der Waals surface area contributed by atoms with Crippen LogP contribution in [-0.4, -0.2) is 11.1 Å². The summed E-state index contributed by atoms with van der Waals surface area (Å²) in [5, 5.41) is 8.69. The van der Waals surface area contributed by atoms with Crippen molar-refractivity contribution >= 4 is 5.97 Å². The largest absolute Gasteiger partial charge is 0.481 e. The molecule has 1 aliphatic rings. The van der Waals surface area contributed by atoms with Gasteiger partial charge in [0, 0.05) is 6.42 Å². The van der Waals surface area contributed by atoms with Gasteiger partial charge in [0.2, 0.25) is 0 Å². The third-order valence-electron chi connectivity index (χ3n) is 2.99. The van der Waals surface area contributed by atoms with E-state index in [0.717, 1.165) is 17.5 Å². The van der Waals surface area contributed by atoms with Crippen LogP contribution in [0, 0.1) is 11.7 Å². The number of carbonyl (C=O) groups is 1. The maximum atomic E-state index is 13.3. The van der Waals surface area contributed by atoms with E-state index in [4.69, 9.17) is 5.11 Å². The summed E-state index contributed by atoms with van der Waals surface area (Å²) in [5.41, 5.74) is 1.76. The molecule has 1 aromatic carbocycles. The highest BCUT2D eigenvalue weighted by atomic mass is 19.1. The van der Waals surface area contributed by atoms with E-state index in [9.17, 15) is 9.18 Å². The van der Waals surface area contributed by atoms with Gasteiger partial charge in [-0.1, -0.05) is 12.1 Å². The van der Waals surface area contributed by atoms with Gasteiger partial charge in [-0.25, -0.2) is 4.39 Å². The zero-order valence-electron chi connectivity index (χ0n) is 8.37. The Balaban J connectivity index is 2.17. The second-order valence-corrected chi connectivity index (χ2v) is 4.08. The molecule has 3 heteroatoms. The van der Waals surface area contributed by atoms with E-state index in [1.54, 1.807) is 6.07 Å². The van der Waals surface area contributed by atoms with Crippen molar-refractivity contribution in [1.29, 1.82) is 0 Å². The van der Waals surface area contributed by atoms with Crippen LogP contribution in [0.4, 0.5) is 4.39 Å². The summed E-state index contributed by atoms with van der Waals surface area (Å²) in [6, 6.07) is 5.06. The lowest BCUT2D eigenvalue weighted by molar-refractivity contribution is -0.138. The molecule has 1 atom stereocenters. The second kappa shape index (κ2) is 4.01. The average Bonchev–Trinajstić information content (AvgIpc) is 2.17. The van der Waals surface area contributed by atoms with Gasteiger partial charge in [0.05, 0.1) is 0 Å². The maximum Gasteiger partial charge on any atom is 0.303 e.